The zero-order chi connectivity index (χ0) is 16.6. The SMILES string of the molecule is CON1C(=O)CC2(CCN(C(=O)c3ccc[n+](C)c3)CC2)C1=O. The molecule has 3 rings (SSSR count). The Morgan fingerprint density at radius 2 is 2.00 bits per heavy atom. The molecule has 0 aromatic carbocycles. The fourth-order valence-electron chi connectivity index (χ4n) is 3.38. The maximum atomic E-state index is 12.5. The third-order valence-corrected chi connectivity index (χ3v) is 4.73. The smallest absolute Gasteiger partial charge is 0.260 e. The molecule has 7 nitrogen and oxygen atoms in total. The van der Waals surface area contributed by atoms with E-state index in [1.807, 2.05) is 23.9 Å². The first-order valence-corrected chi connectivity index (χ1v) is 7.63. The lowest BCUT2D eigenvalue weighted by atomic mass is 9.77. The second kappa shape index (κ2) is 5.73. The lowest BCUT2D eigenvalue weighted by Gasteiger charge is -2.36. The Labute approximate surface area is 134 Å². The van der Waals surface area contributed by atoms with E-state index >= 15 is 0 Å². The van der Waals surface area contributed by atoms with E-state index < -0.39 is 5.41 Å². The number of carbonyl (C=O) groups excluding carboxylic acids is 3. The predicted molar refractivity (Wildman–Crippen MR) is 78.7 cm³/mol. The third-order valence-electron chi connectivity index (χ3n) is 4.73. The van der Waals surface area contributed by atoms with Gasteiger partial charge in [0, 0.05) is 25.6 Å². The Hall–Kier alpha value is -2.28. The second-order valence-corrected chi connectivity index (χ2v) is 6.18. The Bertz CT molecular complexity index is 665. The molecule has 3 heterocycles. The van der Waals surface area contributed by atoms with Gasteiger partial charge in [-0.05, 0) is 18.9 Å². The number of piperidine rings is 1. The second-order valence-electron chi connectivity index (χ2n) is 6.18. The Kier molecular flexibility index (Phi) is 3.89. The van der Waals surface area contributed by atoms with Crippen molar-refractivity contribution in [1.82, 2.24) is 9.96 Å². The zero-order valence-electron chi connectivity index (χ0n) is 13.3. The molecule has 2 fully saturated rings. The molecule has 3 amide bonds. The molecule has 122 valence electrons. The quantitative estimate of drug-likeness (QED) is 0.571. The van der Waals surface area contributed by atoms with Crippen LogP contribution in [-0.4, -0.2) is 47.9 Å². The number of imide groups is 1. The highest BCUT2D eigenvalue weighted by molar-refractivity contribution is 6.05. The first-order chi connectivity index (χ1) is 11.0. The minimum absolute atomic E-state index is 0.0450. The average molecular weight is 318 g/mol. The summed E-state index contributed by atoms with van der Waals surface area (Å²) in [5.41, 5.74) is -0.0797. The summed E-state index contributed by atoms with van der Waals surface area (Å²) in [6.07, 6.45) is 4.79. The molecule has 1 aromatic heterocycles. The van der Waals surface area contributed by atoms with E-state index in [1.54, 1.807) is 17.2 Å². The number of aryl methyl sites for hydroxylation is 1. The number of hydroxylamine groups is 2. The average Bonchev–Trinajstić information content (AvgIpc) is 2.77. The third kappa shape index (κ3) is 2.61. The van der Waals surface area contributed by atoms with E-state index in [9.17, 15) is 14.4 Å². The molecule has 7 heteroatoms. The van der Waals surface area contributed by atoms with Crippen LogP contribution in [-0.2, 0) is 21.5 Å². The molecule has 0 aliphatic carbocycles. The van der Waals surface area contributed by atoms with Crippen LogP contribution < -0.4 is 4.57 Å². The van der Waals surface area contributed by atoms with Gasteiger partial charge in [0.15, 0.2) is 12.4 Å². The van der Waals surface area contributed by atoms with E-state index in [4.69, 9.17) is 4.84 Å². The van der Waals surface area contributed by atoms with Gasteiger partial charge in [0.2, 0.25) is 0 Å². The molecule has 0 bridgehead atoms. The highest BCUT2D eigenvalue weighted by Crippen LogP contribution is 2.42. The largest absolute Gasteiger partial charge is 0.338 e. The van der Waals surface area contributed by atoms with E-state index in [0.29, 0.717) is 31.5 Å². The number of pyridine rings is 1. The van der Waals surface area contributed by atoms with Crippen LogP contribution in [0.15, 0.2) is 24.5 Å². The van der Waals surface area contributed by atoms with Crippen LogP contribution in [0.3, 0.4) is 0 Å². The fraction of sp³-hybridized carbons (Fsp3) is 0.500. The monoisotopic (exact) mass is 318 g/mol. The van der Waals surface area contributed by atoms with E-state index in [1.165, 1.54) is 7.11 Å². The number of rotatable bonds is 2. The van der Waals surface area contributed by atoms with Crippen molar-refractivity contribution in [1.29, 1.82) is 0 Å². The number of carbonyl (C=O) groups is 3. The van der Waals surface area contributed by atoms with Crippen molar-refractivity contribution in [3.63, 3.8) is 0 Å². The summed E-state index contributed by atoms with van der Waals surface area (Å²) in [5, 5.41) is 0.856. The summed E-state index contributed by atoms with van der Waals surface area (Å²) in [6, 6.07) is 3.61. The Morgan fingerprint density at radius 3 is 2.57 bits per heavy atom. The number of amides is 3. The van der Waals surface area contributed by atoms with Gasteiger partial charge in [-0.2, -0.15) is 5.06 Å². The lowest BCUT2D eigenvalue weighted by molar-refractivity contribution is -0.671. The van der Waals surface area contributed by atoms with Gasteiger partial charge < -0.3 is 4.90 Å². The highest BCUT2D eigenvalue weighted by Gasteiger charge is 2.53. The minimum atomic E-state index is -0.703. The molecular weight excluding hydrogens is 298 g/mol. The fourth-order valence-corrected chi connectivity index (χ4v) is 3.38. The van der Waals surface area contributed by atoms with Gasteiger partial charge in [-0.1, -0.05) is 0 Å². The van der Waals surface area contributed by atoms with Crippen LogP contribution >= 0.6 is 0 Å². The van der Waals surface area contributed by atoms with Gasteiger partial charge in [-0.3, -0.25) is 19.2 Å². The molecule has 2 aliphatic heterocycles. The topological polar surface area (TPSA) is 70.8 Å². The van der Waals surface area contributed by atoms with E-state index in [0.717, 1.165) is 5.06 Å². The number of hydrogen-bond acceptors (Lipinski definition) is 4. The van der Waals surface area contributed by atoms with Crippen LogP contribution in [0.25, 0.3) is 0 Å². The van der Waals surface area contributed by atoms with Gasteiger partial charge in [-0.25, -0.2) is 4.57 Å². The van der Waals surface area contributed by atoms with E-state index in [2.05, 4.69) is 0 Å². The van der Waals surface area contributed by atoms with Gasteiger partial charge in [0.25, 0.3) is 17.7 Å². The van der Waals surface area contributed by atoms with Crippen LogP contribution in [0.1, 0.15) is 29.6 Å². The highest BCUT2D eigenvalue weighted by atomic mass is 16.7. The summed E-state index contributed by atoms with van der Waals surface area (Å²) in [6.45, 7) is 0.933. The molecule has 2 aliphatic rings. The Balaban J connectivity index is 1.70. The molecule has 1 aromatic rings. The van der Waals surface area contributed by atoms with Crippen molar-refractivity contribution in [3.8, 4) is 0 Å². The van der Waals surface area contributed by atoms with Crippen molar-refractivity contribution in [3.05, 3.63) is 30.1 Å². The van der Waals surface area contributed by atoms with Crippen molar-refractivity contribution in [2.45, 2.75) is 19.3 Å². The first kappa shape index (κ1) is 15.6. The van der Waals surface area contributed by atoms with Gasteiger partial charge in [0.05, 0.1) is 12.5 Å². The van der Waals surface area contributed by atoms with Gasteiger partial charge in [0.1, 0.15) is 12.6 Å². The lowest BCUT2D eigenvalue weighted by Crippen LogP contribution is -2.46. The molecular formula is C16H20N3O4+. The maximum Gasteiger partial charge on any atom is 0.260 e. The first-order valence-electron chi connectivity index (χ1n) is 7.63. The predicted octanol–water partition coefficient (Wildman–Crippen LogP) is 0.0538. The summed E-state index contributed by atoms with van der Waals surface area (Å²) in [4.78, 5) is 43.4. The van der Waals surface area contributed by atoms with Crippen LogP contribution in [0.5, 0.6) is 0 Å². The summed E-state index contributed by atoms with van der Waals surface area (Å²) in [7, 11) is 3.19. The number of nitrogens with zero attached hydrogens (tertiary/aromatic N) is 3. The molecule has 23 heavy (non-hydrogen) atoms. The van der Waals surface area contributed by atoms with Gasteiger partial charge >= 0.3 is 0 Å². The van der Waals surface area contributed by atoms with Crippen molar-refractivity contribution in [2.24, 2.45) is 12.5 Å². The number of likely N-dealkylation sites (tertiary alicyclic amines) is 1. The molecule has 0 saturated carbocycles. The molecule has 2 saturated heterocycles. The molecule has 0 N–H and O–H groups in total. The van der Waals surface area contributed by atoms with E-state index in [-0.39, 0.29) is 24.1 Å². The van der Waals surface area contributed by atoms with Crippen LogP contribution in [0.4, 0.5) is 0 Å². The molecule has 0 unspecified atom stereocenters. The normalized spacial score (nSPS) is 20.4. The summed E-state index contributed by atoms with van der Waals surface area (Å²) in [5.74, 6) is -0.619. The van der Waals surface area contributed by atoms with Crippen LogP contribution in [0, 0.1) is 5.41 Å². The minimum Gasteiger partial charge on any atom is -0.338 e. The Morgan fingerprint density at radius 1 is 1.30 bits per heavy atom. The van der Waals surface area contributed by atoms with Crippen molar-refractivity contribution < 1.29 is 23.8 Å². The number of hydrogen-bond donors (Lipinski definition) is 0. The summed E-state index contributed by atoms with van der Waals surface area (Å²) < 4.78 is 1.83. The molecule has 1 spiro atoms. The maximum absolute atomic E-state index is 12.5. The summed E-state index contributed by atoms with van der Waals surface area (Å²) >= 11 is 0. The molecule has 0 atom stereocenters. The zero-order valence-corrected chi connectivity index (χ0v) is 13.3. The van der Waals surface area contributed by atoms with Crippen molar-refractivity contribution >= 4 is 17.7 Å². The van der Waals surface area contributed by atoms with Crippen LogP contribution in [0.2, 0.25) is 0 Å². The number of aromatic nitrogens is 1. The standard InChI is InChI=1S/C16H20N3O4/c1-17-7-3-4-12(11-17)14(21)18-8-5-16(6-9-18)10-13(20)19(23-2)15(16)22/h3-4,7,11H,5-6,8-10H2,1-2H3/q+1. The van der Waals surface area contributed by atoms with Crippen molar-refractivity contribution in [2.75, 3.05) is 20.2 Å². The molecule has 0 radical (unpaired) electrons. The van der Waals surface area contributed by atoms with Gasteiger partial charge in [-0.15, -0.1) is 0 Å².